The molecule has 1 aliphatic rings. The van der Waals surface area contributed by atoms with Gasteiger partial charge in [-0.3, -0.25) is 0 Å². The highest BCUT2D eigenvalue weighted by Crippen LogP contribution is 2.14. The van der Waals surface area contributed by atoms with Crippen molar-refractivity contribution in [2.75, 3.05) is 22.9 Å². The zero-order valence-electron chi connectivity index (χ0n) is 8.64. The van der Waals surface area contributed by atoms with E-state index in [-0.39, 0.29) is 0 Å². The first-order valence-electron chi connectivity index (χ1n) is 4.69. The van der Waals surface area contributed by atoms with E-state index in [1.54, 1.807) is 11.8 Å². The first-order valence-corrected chi connectivity index (χ1v) is 4.66. The Morgan fingerprint density at radius 2 is 1.62 bits per heavy atom. The molecule has 0 aromatic carbocycles. The van der Waals surface area contributed by atoms with Crippen LogP contribution < -0.4 is 0 Å². The molecule has 1 aliphatic heterocycles. The van der Waals surface area contributed by atoms with Gasteiger partial charge >= 0.3 is 0 Å². The maximum Gasteiger partial charge on any atom is 0.0381 e. The van der Waals surface area contributed by atoms with Gasteiger partial charge in [0.25, 0.3) is 0 Å². The molecule has 8 heavy (non-hydrogen) atoms. The molecular formula is C6H12S2. The maximum atomic E-state index is 7.50. The smallest absolute Gasteiger partial charge is 0.0381 e. The monoisotopic (exact) mass is 152 g/mol. The summed E-state index contributed by atoms with van der Waals surface area (Å²) in [5, 5.41) is 0. The Hall–Kier alpha value is 0.700. The Balaban J connectivity index is 2.58. The molecule has 0 aliphatic carbocycles. The minimum atomic E-state index is -1.39. The molecule has 1 rings (SSSR count). The standard InChI is InChI=1S/C6H12S2/c1-3-7-5-2-6-8-4-1/h1-6H2/i3D2,5D2. The summed E-state index contributed by atoms with van der Waals surface area (Å²) in [6, 6.07) is 0. The van der Waals surface area contributed by atoms with Crippen LogP contribution in [0.5, 0.6) is 0 Å². The average Bonchev–Trinajstić information content (AvgIpc) is 1.80. The van der Waals surface area contributed by atoms with Crippen LogP contribution in [0.4, 0.5) is 0 Å². The van der Waals surface area contributed by atoms with E-state index < -0.39 is 11.4 Å². The first-order chi connectivity index (χ1) is 5.41. The zero-order valence-corrected chi connectivity index (χ0v) is 6.28. The fourth-order valence-electron chi connectivity index (χ4n) is 0.483. The molecule has 1 saturated heterocycles. The Labute approximate surface area is 65.4 Å². The first kappa shape index (κ1) is 3.20. The molecule has 48 valence electrons. The van der Waals surface area contributed by atoms with Crippen LogP contribution in [0.3, 0.4) is 0 Å². The van der Waals surface area contributed by atoms with Crippen LogP contribution in [0, 0.1) is 0 Å². The lowest BCUT2D eigenvalue weighted by Crippen LogP contribution is -1.94. The second kappa shape index (κ2) is 4.57. The summed E-state index contributed by atoms with van der Waals surface area (Å²) in [4.78, 5) is 0. The van der Waals surface area contributed by atoms with Crippen LogP contribution in [-0.2, 0) is 0 Å². The SMILES string of the molecule is [2H]C1([2H])CCSCCC([2H])([2H])S1. The van der Waals surface area contributed by atoms with Crippen LogP contribution in [0.15, 0.2) is 0 Å². The lowest BCUT2D eigenvalue weighted by atomic mass is 10.6. The number of thioether (sulfide) groups is 2. The van der Waals surface area contributed by atoms with E-state index in [1.165, 1.54) is 0 Å². The van der Waals surface area contributed by atoms with Crippen LogP contribution >= 0.6 is 23.5 Å². The molecule has 0 bridgehead atoms. The van der Waals surface area contributed by atoms with Crippen molar-refractivity contribution in [3.63, 3.8) is 0 Å². The van der Waals surface area contributed by atoms with Crippen molar-refractivity contribution < 1.29 is 5.48 Å². The fraction of sp³-hybridized carbons (Fsp3) is 1.00. The molecule has 0 N–H and O–H groups in total. The molecule has 0 unspecified atom stereocenters. The summed E-state index contributed by atoms with van der Waals surface area (Å²) < 4.78 is 30.0. The predicted octanol–water partition coefficient (Wildman–Crippen LogP) is 2.25. The van der Waals surface area contributed by atoms with Crippen molar-refractivity contribution in [2.45, 2.75) is 12.8 Å². The van der Waals surface area contributed by atoms with Crippen LogP contribution in [-0.4, -0.2) is 22.9 Å². The number of hydrogen-bond donors (Lipinski definition) is 0. The van der Waals surface area contributed by atoms with E-state index >= 15 is 0 Å². The average molecular weight is 152 g/mol. The van der Waals surface area contributed by atoms with Crippen LogP contribution in [0.25, 0.3) is 0 Å². The Bertz CT molecular complexity index is 144. The van der Waals surface area contributed by atoms with E-state index in [1.807, 2.05) is 0 Å². The molecule has 0 saturated carbocycles. The summed E-state index contributed by atoms with van der Waals surface area (Å²) in [5.41, 5.74) is -2.78. The molecule has 0 atom stereocenters. The van der Waals surface area contributed by atoms with Crippen molar-refractivity contribution in [3.8, 4) is 0 Å². The van der Waals surface area contributed by atoms with E-state index in [9.17, 15) is 0 Å². The molecule has 2 heteroatoms. The van der Waals surface area contributed by atoms with Crippen molar-refractivity contribution in [1.29, 1.82) is 0 Å². The highest BCUT2D eigenvalue weighted by atomic mass is 32.2. The van der Waals surface area contributed by atoms with Gasteiger partial charge < -0.3 is 0 Å². The molecular weight excluding hydrogens is 136 g/mol. The molecule has 1 heterocycles. The molecule has 0 radical (unpaired) electrons. The Morgan fingerprint density at radius 1 is 1.00 bits per heavy atom. The van der Waals surface area contributed by atoms with Crippen molar-refractivity contribution in [2.24, 2.45) is 0 Å². The van der Waals surface area contributed by atoms with Gasteiger partial charge in [-0.1, -0.05) is 0 Å². The molecule has 1 fully saturated rings. The summed E-state index contributed by atoms with van der Waals surface area (Å²) in [5.74, 6) is 1.60. The number of rotatable bonds is 0. The summed E-state index contributed by atoms with van der Waals surface area (Å²) in [6.07, 6.45) is 0.893. The summed E-state index contributed by atoms with van der Waals surface area (Å²) >= 11 is 2.47. The fourth-order valence-corrected chi connectivity index (χ4v) is 1.95. The minimum Gasteiger partial charge on any atom is -0.162 e. The van der Waals surface area contributed by atoms with Crippen molar-refractivity contribution in [3.05, 3.63) is 0 Å². The minimum absolute atomic E-state index is 0.446. The molecule has 0 aromatic rings. The van der Waals surface area contributed by atoms with Gasteiger partial charge in [-0.05, 0) is 35.8 Å². The summed E-state index contributed by atoms with van der Waals surface area (Å²) in [6.45, 7) is 0. The Kier molecular flexibility index (Phi) is 1.83. The third kappa shape index (κ3) is 2.88. The van der Waals surface area contributed by atoms with E-state index in [0.717, 1.165) is 23.3 Å². The highest BCUT2D eigenvalue weighted by molar-refractivity contribution is 8.00. The van der Waals surface area contributed by atoms with Gasteiger partial charge in [-0.2, -0.15) is 23.5 Å². The third-order valence-corrected chi connectivity index (χ3v) is 2.52. The second-order valence-corrected chi connectivity index (χ2v) is 3.51. The van der Waals surface area contributed by atoms with Crippen LogP contribution in [0.2, 0.25) is 0 Å². The van der Waals surface area contributed by atoms with E-state index in [0.29, 0.717) is 12.8 Å². The van der Waals surface area contributed by atoms with E-state index in [4.69, 9.17) is 5.48 Å². The van der Waals surface area contributed by atoms with Crippen molar-refractivity contribution >= 4 is 23.5 Å². The molecule has 0 spiro atoms. The van der Waals surface area contributed by atoms with Gasteiger partial charge in [-0.25, -0.2) is 0 Å². The normalized spacial score (nSPS) is 44.0. The topological polar surface area (TPSA) is 0 Å². The highest BCUT2D eigenvalue weighted by Gasteiger charge is 1.95. The zero-order chi connectivity index (χ0) is 9.24. The van der Waals surface area contributed by atoms with Crippen molar-refractivity contribution in [1.82, 2.24) is 0 Å². The molecule has 0 nitrogen and oxygen atoms in total. The second-order valence-electron chi connectivity index (χ2n) is 1.50. The quantitative estimate of drug-likeness (QED) is 0.522. The van der Waals surface area contributed by atoms with Gasteiger partial charge in [0, 0.05) is 5.48 Å². The van der Waals surface area contributed by atoms with Gasteiger partial charge in [-0.15, -0.1) is 0 Å². The van der Waals surface area contributed by atoms with E-state index in [2.05, 4.69) is 0 Å². The van der Waals surface area contributed by atoms with Gasteiger partial charge in [0.05, 0.1) is 0 Å². The van der Waals surface area contributed by atoms with Gasteiger partial charge in [0.1, 0.15) is 0 Å². The van der Waals surface area contributed by atoms with Crippen LogP contribution in [0.1, 0.15) is 18.3 Å². The third-order valence-electron chi connectivity index (χ3n) is 0.841. The summed E-state index contributed by atoms with van der Waals surface area (Å²) in [7, 11) is 0. The van der Waals surface area contributed by atoms with Gasteiger partial charge in [0.2, 0.25) is 0 Å². The predicted molar refractivity (Wildman–Crippen MR) is 43.9 cm³/mol. The largest absolute Gasteiger partial charge is 0.162 e. The lowest BCUT2D eigenvalue weighted by Gasteiger charge is -2.05. The molecule has 0 aromatic heterocycles. The lowest BCUT2D eigenvalue weighted by molar-refractivity contribution is 1.06. The molecule has 0 amide bonds. The Morgan fingerprint density at radius 3 is 2.25 bits per heavy atom. The van der Waals surface area contributed by atoms with Gasteiger partial charge in [0.15, 0.2) is 0 Å². The maximum absolute atomic E-state index is 7.50. The number of hydrogen-bond acceptors (Lipinski definition) is 2.